The molecule has 1 rings (SSSR count). The standard InChI is InChI=1S/C10H19N3/c1-2-3-4-9-7-13-10(5-6-11)8-12-9/h9-10,12-13H,2-5,7-8H2,1H3. The highest BCUT2D eigenvalue weighted by atomic mass is 15.1. The van der Waals surface area contributed by atoms with Crippen LogP contribution in [0.2, 0.25) is 0 Å². The molecule has 0 aromatic rings. The van der Waals surface area contributed by atoms with Crippen molar-refractivity contribution in [2.75, 3.05) is 13.1 Å². The molecule has 0 radical (unpaired) electrons. The lowest BCUT2D eigenvalue weighted by atomic mass is 10.1. The van der Waals surface area contributed by atoms with Gasteiger partial charge in [-0.1, -0.05) is 19.8 Å². The first-order valence-electron chi connectivity index (χ1n) is 5.20. The van der Waals surface area contributed by atoms with Crippen LogP contribution in [0.4, 0.5) is 0 Å². The summed E-state index contributed by atoms with van der Waals surface area (Å²) in [5.41, 5.74) is 0. The second-order valence-electron chi connectivity index (χ2n) is 3.71. The molecule has 1 aliphatic heterocycles. The smallest absolute Gasteiger partial charge is 0.0638 e. The average molecular weight is 181 g/mol. The Morgan fingerprint density at radius 2 is 2.00 bits per heavy atom. The third-order valence-electron chi connectivity index (χ3n) is 2.55. The minimum absolute atomic E-state index is 0.364. The van der Waals surface area contributed by atoms with E-state index >= 15 is 0 Å². The topological polar surface area (TPSA) is 47.9 Å². The van der Waals surface area contributed by atoms with E-state index in [2.05, 4.69) is 23.6 Å². The zero-order chi connectivity index (χ0) is 9.52. The highest BCUT2D eigenvalue weighted by Gasteiger charge is 2.18. The van der Waals surface area contributed by atoms with Gasteiger partial charge in [0.1, 0.15) is 0 Å². The molecule has 2 N–H and O–H groups in total. The molecule has 0 amide bonds. The SMILES string of the molecule is CCCCC1CNC(CC#N)CN1. The van der Waals surface area contributed by atoms with E-state index in [0.717, 1.165) is 13.1 Å². The van der Waals surface area contributed by atoms with Gasteiger partial charge in [0.15, 0.2) is 0 Å². The Kier molecular flexibility index (Phi) is 4.81. The molecule has 1 aliphatic rings. The van der Waals surface area contributed by atoms with Gasteiger partial charge in [0.2, 0.25) is 0 Å². The van der Waals surface area contributed by atoms with Gasteiger partial charge in [-0.25, -0.2) is 0 Å². The van der Waals surface area contributed by atoms with Gasteiger partial charge in [0.25, 0.3) is 0 Å². The third-order valence-corrected chi connectivity index (χ3v) is 2.55. The van der Waals surface area contributed by atoms with E-state index in [0.29, 0.717) is 18.5 Å². The van der Waals surface area contributed by atoms with Gasteiger partial charge < -0.3 is 10.6 Å². The van der Waals surface area contributed by atoms with Crippen molar-refractivity contribution in [1.29, 1.82) is 5.26 Å². The molecular weight excluding hydrogens is 162 g/mol. The lowest BCUT2D eigenvalue weighted by Crippen LogP contribution is -2.54. The van der Waals surface area contributed by atoms with Crippen molar-refractivity contribution in [2.24, 2.45) is 0 Å². The number of nitriles is 1. The van der Waals surface area contributed by atoms with E-state index < -0.39 is 0 Å². The Morgan fingerprint density at radius 3 is 2.54 bits per heavy atom. The molecule has 0 aromatic heterocycles. The second kappa shape index (κ2) is 5.95. The predicted molar refractivity (Wildman–Crippen MR) is 53.3 cm³/mol. The lowest BCUT2D eigenvalue weighted by molar-refractivity contribution is 0.331. The Balaban J connectivity index is 2.12. The van der Waals surface area contributed by atoms with Crippen molar-refractivity contribution in [3.63, 3.8) is 0 Å². The number of piperazine rings is 1. The third kappa shape index (κ3) is 3.75. The molecule has 0 spiro atoms. The van der Waals surface area contributed by atoms with E-state index in [-0.39, 0.29) is 0 Å². The zero-order valence-electron chi connectivity index (χ0n) is 8.34. The van der Waals surface area contributed by atoms with Gasteiger partial charge in [-0.05, 0) is 6.42 Å². The Bertz CT molecular complexity index is 165. The van der Waals surface area contributed by atoms with Gasteiger partial charge in [0.05, 0.1) is 12.5 Å². The van der Waals surface area contributed by atoms with Crippen molar-refractivity contribution < 1.29 is 0 Å². The average Bonchev–Trinajstić information content (AvgIpc) is 2.17. The van der Waals surface area contributed by atoms with Crippen LogP contribution in [-0.4, -0.2) is 25.2 Å². The largest absolute Gasteiger partial charge is 0.311 e. The Labute approximate surface area is 80.5 Å². The molecule has 1 fully saturated rings. The lowest BCUT2D eigenvalue weighted by Gasteiger charge is -2.30. The van der Waals surface area contributed by atoms with Crippen molar-refractivity contribution in [2.45, 2.75) is 44.7 Å². The number of nitrogens with zero attached hydrogens (tertiary/aromatic N) is 1. The molecule has 74 valence electrons. The van der Waals surface area contributed by atoms with Gasteiger partial charge in [-0.3, -0.25) is 0 Å². The minimum Gasteiger partial charge on any atom is -0.311 e. The summed E-state index contributed by atoms with van der Waals surface area (Å²) in [6.45, 7) is 4.18. The molecule has 2 unspecified atom stereocenters. The molecule has 0 saturated carbocycles. The fourth-order valence-electron chi connectivity index (χ4n) is 1.67. The first kappa shape index (κ1) is 10.5. The van der Waals surface area contributed by atoms with Crippen LogP contribution in [0.25, 0.3) is 0 Å². The molecule has 13 heavy (non-hydrogen) atoms. The summed E-state index contributed by atoms with van der Waals surface area (Å²) in [5.74, 6) is 0. The highest BCUT2D eigenvalue weighted by molar-refractivity contribution is 4.88. The molecule has 0 aliphatic carbocycles. The van der Waals surface area contributed by atoms with Crippen LogP contribution in [0.15, 0.2) is 0 Å². The number of hydrogen-bond donors (Lipinski definition) is 2. The van der Waals surface area contributed by atoms with Gasteiger partial charge in [-0.15, -0.1) is 0 Å². The number of nitrogens with one attached hydrogen (secondary N) is 2. The van der Waals surface area contributed by atoms with Crippen molar-refractivity contribution in [3.8, 4) is 6.07 Å². The van der Waals surface area contributed by atoms with E-state index in [1.165, 1.54) is 19.3 Å². The maximum atomic E-state index is 8.51. The highest BCUT2D eigenvalue weighted by Crippen LogP contribution is 2.04. The number of rotatable bonds is 4. The number of unbranched alkanes of at least 4 members (excludes halogenated alkanes) is 1. The van der Waals surface area contributed by atoms with E-state index in [1.54, 1.807) is 0 Å². The van der Waals surface area contributed by atoms with Crippen LogP contribution in [0, 0.1) is 11.3 Å². The molecule has 3 nitrogen and oxygen atoms in total. The monoisotopic (exact) mass is 181 g/mol. The first-order valence-corrected chi connectivity index (χ1v) is 5.20. The van der Waals surface area contributed by atoms with Crippen molar-refractivity contribution in [1.82, 2.24) is 10.6 Å². The van der Waals surface area contributed by atoms with Crippen LogP contribution in [0.5, 0.6) is 0 Å². The molecule has 2 atom stereocenters. The molecule has 0 aromatic carbocycles. The van der Waals surface area contributed by atoms with E-state index in [9.17, 15) is 0 Å². The molecule has 1 heterocycles. The molecule has 0 bridgehead atoms. The predicted octanol–water partition coefficient (Wildman–Crippen LogP) is 1.02. The summed E-state index contributed by atoms with van der Waals surface area (Å²) in [5, 5.41) is 15.4. The summed E-state index contributed by atoms with van der Waals surface area (Å²) in [7, 11) is 0. The molecular formula is C10H19N3. The normalized spacial score (nSPS) is 28.3. The second-order valence-corrected chi connectivity index (χ2v) is 3.71. The maximum absolute atomic E-state index is 8.51. The first-order chi connectivity index (χ1) is 6.36. The van der Waals surface area contributed by atoms with Gasteiger partial charge in [-0.2, -0.15) is 5.26 Å². The van der Waals surface area contributed by atoms with Gasteiger partial charge in [0, 0.05) is 25.2 Å². The molecule has 3 heteroatoms. The van der Waals surface area contributed by atoms with E-state index in [1.807, 2.05) is 0 Å². The fourth-order valence-corrected chi connectivity index (χ4v) is 1.67. The zero-order valence-corrected chi connectivity index (χ0v) is 8.34. The molecule has 1 saturated heterocycles. The van der Waals surface area contributed by atoms with Crippen molar-refractivity contribution in [3.05, 3.63) is 0 Å². The summed E-state index contributed by atoms with van der Waals surface area (Å²) >= 11 is 0. The summed E-state index contributed by atoms with van der Waals surface area (Å²) in [6, 6.07) is 3.18. The Morgan fingerprint density at radius 1 is 1.31 bits per heavy atom. The van der Waals surface area contributed by atoms with Crippen LogP contribution in [0.3, 0.4) is 0 Å². The quantitative estimate of drug-likeness (QED) is 0.680. The van der Waals surface area contributed by atoms with Crippen molar-refractivity contribution >= 4 is 0 Å². The van der Waals surface area contributed by atoms with Crippen LogP contribution >= 0.6 is 0 Å². The summed E-state index contributed by atoms with van der Waals surface area (Å²) < 4.78 is 0. The summed E-state index contributed by atoms with van der Waals surface area (Å²) in [6.07, 6.45) is 4.43. The van der Waals surface area contributed by atoms with Crippen LogP contribution in [0.1, 0.15) is 32.6 Å². The fraction of sp³-hybridized carbons (Fsp3) is 0.900. The number of hydrogen-bond acceptors (Lipinski definition) is 3. The minimum atomic E-state index is 0.364. The maximum Gasteiger partial charge on any atom is 0.0638 e. The van der Waals surface area contributed by atoms with E-state index in [4.69, 9.17) is 5.26 Å². The van der Waals surface area contributed by atoms with Gasteiger partial charge >= 0.3 is 0 Å². The Hall–Kier alpha value is -0.590. The van der Waals surface area contributed by atoms with Crippen LogP contribution < -0.4 is 10.6 Å². The summed E-state index contributed by atoms with van der Waals surface area (Å²) in [4.78, 5) is 0. The van der Waals surface area contributed by atoms with Crippen LogP contribution in [-0.2, 0) is 0 Å².